The number of aromatic amines is 1. The van der Waals surface area contributed by atoms with Crippen LogP contribution in [0.15, 0.2) is 30.5 Å². The van der Waals surface area contributed by atoms with Gasteiger partial charge in [0.15, 0.2) is 0 Å². The minimum Gasteiger partial charge on any atom is -0.497 e. The third-order valence-electron chi connectivity index (χ3n) is 3.54. The molecule has 0 unspecified atom stereocenters. The molecule has 0 amide bonds. The Balaban J connectivity index is 1.88. The van der Waals surface area contributed by atoms with Gasteiger partial charge in [0, 0.05) is 0 Å². The molecule has 1 aromatic heterocycles. The van der Waals surface area contributed by atoms with E-state index in [0.717, 1.165) is 22.8 Å². The van der Waals surface area contributed by atoms with Gasteiger partial charge in [-0.05, 0) is 29.8 Å². The van der Waals surface area contributed by atoms with Crippen molar-refractivity contribution in [1.82, 2.24) is 9.97 Å². The van der Waals surface area contributed by atoms with Crippen LogP contribution < -0.4 is 4.74 Å². The first-order valence-electron chi connectivity index (χ1n) is 6.16. The number of H-pyrrole nitrogens is 1. The van der Waals surface area contributed by atoms with Crippen LogP contribution >= 0.6 is 0 Å². The van der Waals surface area contributed by atoms with Gasteiger partial charge in [0.1, 0.15) is 11.6 Å². The Kier molecular flexibility index (Phi) is 3.00. The lowest BCUT2D eigenvalue weighted by atomic mass is 9.86. The first kappa shape index (κ1) is 12.2. The van der Waals surface area contributed by atoms with Crippen molar-refractivity contribution in [3.8, 4) is 17.0 Å². The van der Waals surface area contributed by atoms with E-state index in [1.807, 2.05) is 24.3 Å². The maximum atomic E-state index is 9.48. The van der Waals surface area contributed by atoms with Crippen LogP contribution in [0, 0.1) is 0 Å². The maximum absolute atomic E-state index is 9.48. The number of hydrogen-bond donors (Lipinski definition) is 2. The van der Waals surface area contributed by atoms with Crippen molar-refractivity contribution in [2.24, 2.45) is 0 Å². The van der Waals surface area contributed by atoms with E-state index >= 15 is 0 Å². The Morgan fingerprint density at radius 1 is 1.37 bits per heavy atom. The van der Waals surface area contributed by atoms with E-state index in [1.54, 1.807) is 13.3 Å². The monoisotopic (exact) mass is 260 g/mol. The van der Waals surface area contributed by atoms with Crippen molar-refractivity contribution >= 4 is 0 Å². The molecular weight excluding hydrogens is 244 g/mol. The van der Waals surface area contributed by atoms with Gasteiger partial charge in [-0.3, -0.25) is 0 Å². The summed E-state index contributed by atoms with van der Waals surface area (Å²) >= 11 is 0. The molecule has 5 heteroatoms. The van der Waals surface area contributed by atoms with E-state index in [2.05, 4.69) is 9.97 Å². The van der Waals surface area contributed by atoms with Crippen LogP contribution in [-0.4, -0.2) is 42.0 Å². The molecule has 100 valence electrons. The highest BCUT2D eigenvalue weighted by Gasteiger charge is 2.42. The first-order chi connectivity index (χ1) is 9.27. The van der Waals surface area contributed by atoms with E-state index in [4.69, 9.17) is 9.47 Å². The second kappa shape index (κ2) is 4.68. The molecular formula is C14H16N2O3. The summed E-state index contributed by atoms with van der Waals surface area (Å²) in [6.45, 7) is 1.07. The average Bonchev–Trinajstić information content (AvgIpc) is 2.88. The largest absolute Gasteiger partial charge is 0.497 e. The van der Waals surface area contributed by atoms with Crippen LogP contribution in [0.5, 0.6) is 5.75 Å². The summed E-state index contributed by atoms with van der Waals surface area (Å²) in [6.07, 6.45) is 1.78. The number of hydrogen-bond acceptors (Lipinski definition) is 4. The smallest absolute Gasteiger partial charge is 0.119 e. The van der Waals surface area contributed by atoms with Crippen molar-refractivity contribution in [2.75, 3.05) is 26.9 Å². The van der Waals surface area contributed by atoms with Crippen molar-refractivity contribution < 1.29 is 14.6 Å². The number of rotatable bonds is 4. The highest BCUT2D eigenvalue weighted by molar-refractivity contribution is 5.59. The van der Waals surface area contributed by atoms with Crippen molar-refractivity contribution in [2.45, 2.75) is 5.41 Å². The molecule has 1 aliphatic heterocycles. The third kappa shape index (κ3) is 2.01. The highest BCUT2D eigenvalue weighted by atomic mass is 16.5. The Hall–Kier alpha value is -1.85. The number of benzene rings is 1. The van der Waals surface area contributed by atoms with Gasteiger partial charge in [0.05, 0.1) is 44.2 Å². The zero-order valence-corrected chi connectivity index (χ0v) is 10.7. The summed E-state index contributed by atoms with van der Waals surface area (Å²) in [6, 6.07) is 7.76. The summed E-state index contributed by atoms with van der Waals surface area (Å²) in [5, 5.41) is 9.48. The summed E-state index contributed by atoms with van der Waals surface area (Å²) < 4.78 is 10.3. The quantitative estimate of drug-likeness (QED) is 0.870. The number of aromatic nitrogens is 2. The minimum atomic E-state index is -0.356. The van der Waals surface area contributed by atoms with Crippen LogP contribution in [0.1, 0.15) is 5.82 Å². The molecule has 0 radical (unpaired) electrons. The fourth-order valence-corrected chi connectivity index (χ4v) is 2.16. The van der Waals surface area contributed by atoms with E-state index in [9.17, 15) is 5.11 Å². The molecule has 0 atom stereocenters. The fourth-order valence-electron chi connectivity index (χ4n) is 2.16. The zero-order chi connectivity index (χ0) is 13.3. The molecule has 3 rings (SSSR count). The lowest BCUT2D eigenvalue weighted by Gasteiger charge is -2.37. The zero-order valence-electron chi connectivity index (χ0n) is 10.7. The van der Waals surface area contributed by atoms with Gasteiger partial charge >= 0.3 is 0 Å². The molecule has 1 aliphatic rings. The van der Waals surface area contributed by atoms with Gasteiger partial charge in [-0.25, -0.2) is 4.98 Å². The fraction of sp³-hybridized carbons (Fsp3) is 0.357. The molecule has 0 spiro atoms. The van der Waals surface area contributed by atoms with Crippen molar-refractivity contribution in [3.63, 3.8) is 0 Å². The number of imidazole rings is 1. The summed E-state index contributed by atoms with van der Waals surface area (Å²) in [5.74, 6) is 1.61. The number of aliphatic hydroxyl groups excluding tert-OH is 1. The minimum absolute atomic E-state index is 0.0442. The van der Waals surface area contributed by atoms with Gasteiger partial charge in [-0.2, -0.15) is 0 Å². The molecule has 2 N–H and O–H groups in total. The normalized spacial score (nSPS) is 16.9. The molecule has 1 aromatic carbocycles. The Morgan fingerprint density at radius 2 is 2.11 bits per heavy atom. The van der Waals surface area contributed by atoms with Crippen LogP contribution in [0.3, 0.4) is 0 Å². The van der Waals surface area contributed by atoms with E-state index in [0.29, 0.717) is 13.2 Å². The van der Waals surface area contributed by atoms with Crippen LogP contribution in [0.25, 0.3) is 11.3 Å². The van der Waals surface area contributed by atoms with Gasteiger partial charge in [-0.1, -0.05) is 0 Å². The molecule has 2 aromatic rings. The lowest BCUT2D eigenvalue weighted by Crippen LogP contribution is -2.50. The SMILES string of the molecule is COc1ccc(-c2cnc(C3(CO)COC3)[nH]2)cc1. The molecule has 1 fully saturated rings. The van der Waals surface area contributed by atoms with Crippen LogP contribution in [0.2, 0.25) is 0 Å². The Bertz CT molecular complexity index is 553. The molecule has 0 aliphatic carbocycles. The second-order valence-corrected chi connectivity index (χ2v) is 4.81. The Labute approximate surface area is 111 Å². The highest BCUT2D eigenvalue weighted by Crippen LogP contribution is 2.31. The molecule has 1 saturated heterocycles. The number of nitrogens with one attached hydrogen (secondary N) is 1. The van der Waals surface area contributed by atoms with Gasteiger partial charge in [-0.15, -0.1) is 0 Å². The molecule has 19 heavy (non-hydrogen) atoms. The van der Waals surface area contributed by atoms with Crippen LogP contribution in [-0.2, 0) is 10.2 Å². The summed E-state index contributed by atoms with van der Waals surface area (Å²) in [5.41, 5.74) is 1.61. The molecule has 2 heterocycles. The van der Waals surface area contributed by atoms with E-state index < -0.39 is 0 Å². The number of aliphatic hydroxyl groups is 1. The van der Waals surface area contributed by atoms with Crippen molar-refractivity contribution in [3.05, 3.63) is 36.3 Å². The first-order valence-corrected chi connectivity index (χ1v) is 6.16. The lowest BCUT2D eigenvalue weighted by molar-refractivity contribution is -0.0880. The van der Waals surface area contributed by atoms with E-state index in [-0.39, 0.29) is 12.0 Å². The topological polar surface area (TPSA) is 67.4 Å². The van der Waals surface area contributed by atoms with Gasteiger partial charge in [0.25, 0.3) is 0 Å². The predicted octanol–water partition coefficient (Wildman–Crippen LogP) is 1.35. The predicted molar refractivity (Wildman–Crippen MR) is 70.2 cm³/mol. The standard InChI is InChI=1S/C14H16N2O3/c1-18-11-4-2-10(3-5-11)12-6-15-13(16-12)14(7-17)8-19-9-14/h2-6,17H,7-9H2,1H3,(H,15,16). The van der Waals surface area contributed by atoms with Gasteiger partial charge in [0.2, 0.25) is 0 Å². The maximum Gasteiger partial charge on any atom is 0.119 e. The summed E-state index contributed by atoms with van der Waals surface area (Å²) in [7, 11) is 1.64. The summed E-state index contributed by atoms with van der Waals surface area (Å²) in [4.78, 5) is 7.64. The number of ether oxygens (including phenoxy) is 2. The Morgan fingerprint density at radius 3 is 2.63 bits per heavy atom. The van der Waals surface area contributed by atoms with Crippen molar-refractivity contribution in [1.29, 1.82) is 0 Å². The molecule has 0 bridgehead atoms. The number of nitrogens with zero attached hydrogens (tertiary/aromatic N) is 1. The molecule has 5 nitrogen and oxygen atoms in total. The van der Waals surface area contributed by atoms with E-state index in [1.165, 1.54) is 0 Å². The number of methoxy groups -OCH3 is 1. The van der Waals surface area contributed by atoms with Gasteiger partial charge < -0.3 is 19.6 Å². The average molecular weight is 260 g/mol. The second-order valence-electron chi connectivity index (χ2n) is 4.81. The molecule has 0 saturated carbocycles. The third-order valence-corrected chi connectivity index (χ3v) is 3.54. The van der Waals surface area contributed by atoms with Crippen LogP contribution in [0.4, 0.5) is 0 Å².